The fraction of sp³-hybridized carbons (Fsp3) is 0.167. The van der Waals surface area contributed by atoms with Gasteiger partial charge in [-0.05, 0) is 42.9 Å². The number of imidazole rings is 1. The molecule has 10 heteroatoms. The summed E-state index contributed by atoms with van der Waals surface area (Å²) >= 11 is 0. The zero-order valence-corrected chi connectivity index (χ0v) is 21.9. The quantitative estimate of drug-likeness (QED) is 0.299. The first-order valence-corrected chi connectivity index (χ1v) is 13.2. The summed E-state index contributed by atoms with van der Waals surface area (Å²) in [5, 5.41) is 11.6. The molecule has 0 unspecified atom stereocenters. The van der Waals surface area contributed by atoms with Gasteiger partial charge in [0.2, 0.25) is 0 Å². The number of nitrogens with zero attached hydrogens (tertiary/aromatic N) is 6. The highest BCUT2D eigenvalue weighted by atomic mass is 16.1. The van der Waals surface area contributed by atoms with Crippen LogP contribution in [0.2, 0.25) is 0 Å². The molecule has 0 saturated carbocycles. The van der Waals surface area contributed by atoms with Crippen molar-refractivity contribution in [3.8, 4) is 22.6 Å². The summed E-state index contributed by atoms with van der Waals surface area (Å²) in [6.45, 7) is 3.89. The summed E-state index contributed by atoms with van der Waals surface area (Å²) in [6.07, 6.45) is 7.14. The van der Waals surface area contributed by atoms with Gasteiger partial charge in [0.25, 0.3) is 5.91 Å². The highest BCUT2D eigenvalue weighted by Crippen LogP contribution is 2.33. The minimum Gasteiger partial charge on any atom is -0.366 e. The van der Waals surface area contributed by atoms with Crippen LogP contribution in [0.3, 0.4) is 0 Å². The van der Waals surface area contributed by atoms with Gasteiger partial charge in [-0.3, -0.25) is 19.9 Å². The van der Waals surface area contributed by atoms with Crippen molar-refractivity contribution in [3.63, 3.8) is 0 Å². The van der Waals surface area contributed by atoms with E-state index < -0.39 is 0 Å². The predicted octanol–water partition coefficient (Wildman–Crippen LogP) is 4.57. The van der Waals surface area contributed by atoms with Gasteiger partial charge in [-0.2, -0.15) is 5.10 Å². The summed E-state index contributed by atoms with van der Waals surface area (Å²) in [6, 6.07) is 17.1. The lowest BCUT2D eigenvalue weighted by Gasteiger charge is -2.33. The monoisotopic (exact) mass is 529 g/mol. The number of carbonyl (C=O) groups excluding carboxylic acids is 1. The molecule has 3 N–H and O–H groups in total. The lowest BCUT2D eigenvalue weighted by Crippen LogP contribution is -2.44. The number of rotatable bonds is 5. The van der Waals surface area contributed by atoms with Crippen LogP contribution in [0.1, 0.15) is 10.4 Å². The maximum Gasteiger partial charge on any atom is 0.255 e. The van der Waals surface area contributed by atoms with Crippen molar-refractivity contribution in [2.75, 3.05) is 43.4 Å². The van der Waals surface area contributed by atoms with Crippen molar-refractivity contribution >= 4 is 39.2 Å². The molecule has 4 aromatic heterocycles. The number of aromatic amines is 2. The van der Waals surface area contributed by atoms with Crippen LogP contribution in [0.15, 0.2) is 79.4 Å². The number of anilines is 2. The van der Waals surface area contributed by atoms with Crippen LogP contribution < -0.4 is 10.2 Å². The molecule has 10 nitrogen and oxygen atoms in total. The average molecular weight is 530 g/mol. The van der Waals surface area contributed by atoms with Gasteiger partial charge < -0.3 is 20.1 Å². The molecule has 2 aromatic carbocycles. The summed E-state index contributed by atoms with van der Waals surface area (Å²) in [7, 11) is 2.15. The first-order valence-electron chi connectivity index (χ1n) is 13.2. The standard InChI is InChI=1S/C30H27N9O/c1-38-9-11-39(12-10-38)26-18-32-17-25-28(26)35-29(34-25)27-23-14-20(7-8-24(23)36-37-27)21-13-22(16-31-15-21)33-30(40)19-5-3-2-4-6-19/h2-8,13-18H,9-12H2,1H3,(H,33,40)(H,34,35)(H,36,37). The maximum absolute atomic E-state index is 12.6. The van der Waals surface area contributed by atoms with Gasteiger partial charge >= 0.3 is 0 Å². The lowest BCUT2D eigenvalue weighted by molar-refractivity contribution is 0.102. The van der Waals surface area contributed by atoms with E-state index >= 15 is 0 Å². The van der Waals surface area contributed by atoms with Gasteiger partial charge in [0.15, 0.2) is 5.82 Å². The van der Waals surface area contributed by atoms with Crippen LogP contribution in [0.5, 0.6) is 0 Å². The molecule has 198 valence electrons. The van der Waals surface area contributed by atoms with Crippen LogP contribution >= 0.6 is 0 Å². The number of piperazine rings is 1. The van der Waals surface area contributed by atoms with E-state index in [1.54, 1.807) is 24.5 Å². The molecular weight excluding hydrogens is 502 g/mol. The van der Waals surface area contributed by atoms with Crippen molar-refractivity contribution in [1.29, 1.82) is 0 Å². The first kappa shape index (κ1) is 24.0. The van der Waals surface area contributed by atoms with Gasteiger partial charge in [0, 0.05) is 48.9 Å². The van der Waals surface area contributed by atoms with E-state index in [1.807, 2.05) is 48.8 Å². The van der Waals surface area contributed by atoms with Crippen molar-refractivity contribution < 1.29 is 4.79 Å². The Bertz CT molecular complexity index is 1830. The number of aromatic nitrogens is 6. The van der Waals surface area contributed by atoms with Crippen molar-refractivity contribution in [1.82, 2.24) is 35.0 Å². The summed E-state index contributed by atoms with van der Waals surface area (Å²) < 4.78 is 0. The minimum atomic E-state index is -0.178. The van der Waals surface area contributed by atoms with Gasteiger partial charge in [0.1, 0.15) is 11.2 Å². The number of hydrogen-bond acceptors (Lipinski definition) is 7. The number of amides is 1. The number of fused-ring (bicyclic) bond motifs is 2. The molecule has 0 atom stereocenters. The third-order valence-electron chi connectivity index (χ3n) is 7.37. The zero-order chi connectivity index (χ0) is 27.1. The summed E-state index contributed by atoms with van der Waals surface area (Å²) in [5.74, 6) is 0.506. The molecule has 0 bridgehead atoms. The number of pyridine rings is 2. The van der Waals surface area contributed by atoms with Crippen molar-refractivity contribution in [2.45, 2.75) is 0 Å². The van der Waals surface area contributed by atoms with Crippen LogP contribution in [0, 0.1) is 0 Å². The predicted molar refractivity (Wildman–Crippen MR) is 156 cm³/mol. The van der Waals surface area contributed by atoms with Gasteiger partial charge in [-0.25, -0.2) is 4.98 Å². The molecule has 1 saturated heterocycles. The molecule has 7 rings (SSSR count). The number of benzene rings is 2. The zero-order valence-electron chi connectivity index (χ0n) is 21.9. The molecule has 6 aromatic rings. The lowest BCUT2D eigenvalue weighted by atomic mass is 10.0. The second-order valence-electron chi connectivity index (χ2n) is 10.0. The Kier molecular flexibility index (Phi) is 5.94. The second-order valence-corrected chi connectivity index (χ2v) is 10.0. The van der Waals surface area contributed by atoms with Crippen molar-refractivity contribution in [2.24, 2.45) is 0 Å². The van der Waals surface area contributed by atoms with Crippen molar-refractivity contribution in [3.05, 3.63) is 84.9 Å². The largest absolute Gasteiger partial charge is 0.366 e. The number of H-pyrrole nitrogens is 2. The van der Waals surface area contributed by atoms with E-state index in [2.05, 4.69) is 53.4 Å². The van der Waals surface area contributed by atoms with E-state index in [9.17, 15) is 4.79 Å². The number of carbonyl (C=O) groups is 1. The van der Waals surface area contributed by atoms with E-state index in [0.717, 1.165) is 70.6 Å². The summed E-state index contributed by atoms with van der Waals surface area (Å²) in [5.41, 5.74) is 7.50. The van der Waals surface area contributed by atoms with Crippen LogP contribution in [0.25, 0.3) is 44.6 Å². The number of hydrogen-bond donors (Lipinski definition) is 3. The maximum atomic E-state index is 12.6. The number of nitrogens with one attached hydrogen (secondary N) is 3. The fourth-order valence-corrected chi connectivity index (χ4v) is 5.14. The Balaban J connectivity index is 1.21. The topological polar surface area (TPSA) is 119 Å². The molecule has 1 fully saturated rings. The Morgan fingerprint density at radius 1 is 0.875 bits per heavy atom. The summed E-state index contributed by atoms with van der Waals surface area (Å²) in [4.78, 5) is 34.6. The first-order chi connectivity index (χ1) is 19.6. The third kappa shape index (κ3) is 4.44. The molecule has 0 aliphatic carbocycles. The van der Waals surface area contributed by atoms with Gasteiger partial charge in [0.05, 0.1) is 41.0 Å². The van der Waals surface area contributed by atoms with Crippen LogP contribution in [-0.2, 0) is 0 Å². The van der Waals surface area contributed by atoms with Gasteiger partial charge in [-0.15, -0.1) is 0 Å². The second kappa shape index (κ2) is 9.90. The smallest absolute Gasteiger partial charge is 0.255 e. The van der Waals surface area contributed by atoms with E-state index in [0.29, 0.717) is 17.1 Å². The van der Waals surface area contributed by atoms with E-state index in [1.165, 1.54) is 0 Å². The minimum absolute atomic E-state index is 0.178. The molecule has 0 radical (unpaired) electrons. The molecule has 5 heterocycles. The van der Waals surface area contributed by atoms with Gasteiger partial charge in [-0.1, -0.05) is 24.3 Å². The Labute approximate surface area is 230 Å². The number of likely N-dealkylation sites (N-methyl/N-ethyl adjacent to an activating group) is 1. The molecule has 1 aliphatic heterocycles. The van der Waals surface area contributed by atoms with E-state index in [-0.39, 0.29) is 5.91 Å². The Morgan fingerprint density at radius 3 is 2.55 bits per heavy atom. The Morgan fingerprint density at radius 2 is 1.70 bits per heavy atom. The molecule has 40 heavy (non-hydrogen) atoms. The third-order valence-corrected chi connectivity index (χ3v) is 7.37. The SMILES string of the molecule is CN1CCN(c2cncc3[nH]c(-c4n[nH]c5ccc(-c6cncc(NC(=O)c7ccccc7)c6)cc45)nc23)CC1. The highest BCUT2D eigenvalue weighted by Gasteiger charge is 2.20. The molecule has 0 spiro atoms. The van der Waals surface area contributed by atoms with E-state index in [4.69, 9.17) is 4.98 Å². The average Bonchev–Trinajstić information content (AvgIpc) is 3.62. The molecule has 1 amide bonds. The van der Waals surface area contributed by atoms with Crippen LogP contribution in [-0.4, -0.2) is 74.2 Å². The molecule has 1 aliphatic rings. The normalized spacial score (nSPS) is 14.2. The Hall–Kier alpha value is -5.09. The fourth-order valence-electron chi connectivity index (χ4n) is 5.14. The van der Waals surface area contributed by atoms with Crippen LogP contribution in [0.4, 0.5) is 11.4 Å². The molecular formula is C30H27N9O. The highest BCUT2D eigenvalue weighted by molar-refractivity contribution is 6.04.